The first-order chi connectivity index (χ1) is 10.6. The van der Waals surface area contributed by atoms with Crippen molar-refractivity contribution in [3.05, 3.63) is 52.4 Å². The van der Waals surface area contributed by atoms with Crippen molar-refractivity contribution in [3.63, 3.8) is 0 Å². The van der Waals surface area contributed by atoms with E-state index in [2.05, 4.69) is 10.3 Å². The fourth-order valence-electron chi connectivity index (χ4n) is 2.17. The van der Waals surface area contributed by atoms with Crippen LogP contribution in [-0.2, 0) is 11.2 Å². The second kappa shape index (κ2) is 6.03. The number of furan rings is 1. The fourth-order valence-corrected chi connectivity index (χ4v) is 2.83. The molecular weight excluding hydrogens is 298 g/mol. The number of aryl methyl sites for hydroxylation is 1. The first kappa shape index (κ1) is 14.3. The molecule has 0 unspecified atom stereocenters. The summed E-state index contributed by atoms with van der Waals surface area (Å²) in [6.45, 7) is 1.89. The first-order valence-corrected chi connectivity index (χ1v) is 7.70. The van der Waals surface area contributed by atoms with Crippen molar-refractivity contribution in [2.75, 3.05) is 0 Å². The second-order valence-electron chi connectivity index (χ2n) is 4.93. The number of hydrogen-bond donors (Lipinski definition) is 2. The van der Waals surface area contributed by atoms with Crippen LogP contribution < -0.4 is 11.1 Å². The van der Waals surface area contributed by atoms with Gasteiger partial charge in [-0.25, -0.2) is 4.99 Å². The lowest BCUT2D eigenvalue weighted by atomic mass is 10.2. The maximum absolute atomic E-state index is 11.8. The monoisotopic (exact) mass is 313 g/mol. The Labute approximate surface area is 131 Å². The lowest BCUT2D eigenvalue weighted by Gasteiger charge is -2.03. The molecule has 22 heavy (non-hydrogen) atoms. The standard InChI is InChI=1S/C16H15N3O2S/c1-10-6-12-8-13(2-3-14(12)21-10)18-16(17)19-15(20)7-11-4-5-22-9-11/h2-6,8-9H,7H2,1H3,(H3,17,18,19,20). The number of aliphatic imine (C=N–C) groups is 1. The topological polar surface area (TPSA) is 80.6 Å². The number of nitrogens with two attached hydrogens (primary N) is 1. The van der Waals surface area contributed by atoms with Gasteiger partial charge in [0, 0.05) is 5.39 Å². The highest BCUT2D eigenvalue weighted by Crippen LogP contribution is 2.24. The Balaban J connectivity index is 1.70. The number of thiophene rings is 1. The van der Waals surface area contributed by atoms with E-state index in [1.54, 1.807) is 17.4 Å². The summed E-state index contributed by atoms with van der Waals surface area (Å²) in [5.74, 6) is 0.743. The number of hydrogen-bond acceptors (Lipinski definition) is 4. The molecule has 0 saturated carbocycles. The molecule has 6 heteroatoms. The minimum Gasteiger partial charge on any atom is -0.461 e. The van der Waals surface area contributed by atoms with Crippen molar-refractivity contribution in [3.8, 4) is 0 Å². The normalized spacial score (nSPS) is 11.8. The van der Waals surface area contributed by atoms with Gasteiger partial charge in [-0.2, -0.15) is 11.3 Å². The molecule has 0 bridgehead atoms. The lowest BCUT2D eigenvalue weighted by molar-refractivity contribution is -0.119. The van der Waals surface area contributed by atoms with Gasteiger partial charge in [0.15, 0.2) is 0 Å². The maximum Gasteiger partial charge on any atom is 0.231 e. The van der Waals surface area contributed by atoms with Crippen LogP contribution in [-0.4, -0.2) is 11.9 Å². The number of carbonyl (C=O) groups is 1. The molecule has 1 amide bonds. The third-order valence-corrected chi connectivity index (χ3v) is 3.82. The van der Waals surface area contributed by atoms with Gasteiger partial charge in [-0.05, 0) is 53.6 Å². The number of nitrogens with zero attached hydrogens (tertiary/aromatic N) is 1. The summed E-state index contributed by atoms with van der Waals surface area (Å²) in [5.41, 5.74) is 8.22. The predicted octanol–water partition coefficient (Wildman–Crippen LogP) is 3.11. The third-order valence-electron chi connectivity index (χ3n) is 3.08. The first-order valence-electron chi connectivity index (χ1n) is 6.75. The molecule has 3 aromatic rings. The Morgan fingerprint density at radius 2 is 2.23 bits per heavy atom. The molecule has 3 N–H and O–H groups in total. The van der Waals surface area contributed by atoms with Gasteiger partial charge in [0.1, 0.15) is 11.3 Å². The average Bonchev–Trinajstić information content (AvgIpc) is 3.06. The molecule has 0 radical (unpaired) electrons. The number of carbonyl (C=O) groups excluding carboxylic acids is 1. The van der Waals surface area contributed by atoms with Gasteiger partial charge in [-0.15, -0.1) is 0 Å². The zero-order valence-electron chi connectivity index (χ0n) is 12.0. The number of guanidine groups is 1. The molecule has 1 aromatic carbocycles. The van der Waals surface area contributed by atoms with Crippen molar-refractivity contribution in [1.29, 1.82) is 0 Å². The molecule has 2 aromatic heterocycles. The van der Waals surface area contributed by atoms with Crippen LogP contribution in [0.3, 0.4) is 0 Å². The van der Waals surface area contributed by atoms with Crippen molar-refractivity contribution in [2.24, 2.45) is 10.7 Å². The van der Waals surface area contributed by atoms with Gasteiger partial charge < -0.3 is 10.2 Å². The molecule has 0 atom stereocenters. The second-order valence-corrected chi connectivity index (χ2v) is 5.71. The molecule has 0 aliphatic rings. The van der Waals surface area contributed by atoms with Gasteiger partial charge in [-0.1, -0.05) is 0 Å². The van der Waals surface area contributed by atoms with E-state index >= 15 is 0 Å². The molecule has 0 aliphatic carbocycles. The van der Waals surface area contributed by atoms with Crippen LogP contribution in [0.2, 0.25) is 0 Å². The summed E-state index contributed by atoms with van der Waals surface area (Å²) in [7, 11) is 0. The minimum absolute atomic E-state index is 0.0831. The van der Waals surface area contributed by atoms with Gasteiger partial charge in [0.2, 0.25) is 11.9 Å². The Bertz CT molecular complexity index is 834. The lowest BCUT2D eigenvalue weighted by Crippen LogP contribution is -2.37. The van der Waals surface area contributed by atoms with E-state index in [0.29, 0.717) is 12.1 Å². The van der Waals surface area contributed by atoms with E-state index in [0.717, 1.165) is 22.3 Å². The quantitative estimate of drug-likeness (QED) is 0.576. The van der Waals surface area contributed by atoms with Gasteiger partial charge in [0.25, 0.3) is 0 Å². The summed E-state index contributed by atoms with van der Waals surface area (Å²) in [4.78, 5) is 16.1. The van der Waals surface area contributed by atoms with Crippen LogP contribution >= 0.6 is 11.3 Å². The van der Waals surface area contributed by atoms with E-state index in [-0.39, 0.29) is 11.9 Å². The summed E-state index contributed by atoms with van der Waals surface area (Å²) in [5, 5.41) is 7.41. The molecule has 0 spiro atoms. The van der Waals surface area contributed by atoms with Crippen molar-refractivity contribution < 1.29 is 9.21 Å². The average molecular weight is 313 g/mol. The van der Waals surface area contributed by atoms with Crippen molar-refractivity contribution >= 4 is 39.9 Å². The summed E-state index contributed by atoms with van der Waals surface area (Å²) in [6, 6.07) is 9.33. The van der Waals surface area contributed by atoms with Crippen molar-refractivity contribution in [2.45, 2.75) is 13.3 Å². The number of benzene rings is 1. The number of amides is 1. The van der Waals surface area contributed by atoms with Crippen LogP contribution in [0.1, 0.15) is 11.3 Å². The zero-order valence-corrected chi connectivity index (χ0v) is 12.8. The number of nitrogens with one attached hydrogen (secondary N) is 1. The molecule has 0 fully saturated rings. The zero-order chi connectivity index (χ0) is 15.5. The molecule has 0 aliphatic heterocycles. The maximum atomic E-state index is 11.8. The molecule has 3 rings (SSSR count). The highest BCUT2D eigenvalue weighted by atomic mass is 32.1. The van der Waals surface area contributed by atoms with Gasteiger partial charge in [-0.3, -0.25) is 10.1 Å². The molecule has 0 saturated heterocycles. The van der Waals surface area contributed by atoms with E-state index < -0.39 is 0 Å². The van der Waals surface area contributed by atoms with Crippen LogP contribution in [0.5, 0.6) is 0 Å². The fraction of sp³-hybridized carbons (Fsp3) is 0.125. The Kier molecular flexibility index (Phi) is 3.93. The van der Waals surface area contributed by atoms with Crippen LogP contribution in [0, 0.1) is 6.92 Å². The van der Waals surface area contributed by atoms with Gasteiger partial charge in [0.05, 0.1) is 12.1 Å². The van der Waals surface area contributed by atoms with Gasteiger partial charge >= 0.3 is 0 Å². The van der Waals surface area contributed by atoms with E-state index in [1.165, 1.54) is 0 Å². The Hall–Kier alpha value is -2.60. The SMILES string of the molecule is Cc1cc2cc(N=C(N)NC(=O)Cc3ccsc3)ccc2o1. The molecule has 5 nitrogen and oxygen atoms in total. The predicted molar refractivity (Wildman–Crippen MR) is 88.4 cm³/mol. The molecular formula is C16H15N3O2S. The van der Waals surface area contributed by atoms with Crippen LogP contribution in [0.4, 0.5) is 5.69 Å². The molecule has 2 heterocycles. The summed E-state index contributed by atoms with van der Waals surface area (Å²) in [6.07, 6.45) is 0.291. The summed E-state index contributed by atoms with van der Waals surface area (Å²) >= 11 is 1.56. The smallest absolute Gasteiger partial charge is 0.231 e. The third kappa shape index (κ3) is 3.35. The largest absolute Gasteiger partial charge is 0.461 e. The minimum atomic E-state index is -0.181. The Morgan fingerprint density at radius 1 is 1.36 bits per heavy atom. The number of rotatable bonds is 3. The summed E-state index contributed by atoms with van der Waals surface area (Å²) < 4.78 is 5.50. The highest BCUT2D eigenvalue weighted by molar-refractivity contribution is 7.08. The Morgan fingerprint density at radius 3 is 3.00 bits per heavy atom. The molecule has 112 valence electrons. The van der Waals surface area contributed by atoms with E-state index in [4.69, 9.17) is 10.2 Å². The van der Waals surface area contributed by atoms with E-state index in [9.17, 15) is 4.79 Å². The highest BCUT2D eigenvalue weighted by Gasteiger charge is 2.06. The van der Waals surface area contributed by atoms with Crippen molar-refractivity contribution in [1.82, 2.24) is 5.32 Å². The van der Waals surface area contributed by atoms with E-state index in [1.807, 2.05) is 41.9 Å². The van der Waals surface area contributed by atoms with Crippen LogP contribution in [0.15, 0.2) is 50.5 Å². The number of fused-ring (bicyclic) bond motifs is 1. The van der Waals surface area contributed by atoms with Crippen LogP contribution in [0.25, 0.3) is 11.0 Å².